The minimum Gasteiger partial charge on any atom is -0.309 e. The number of anilines is 3. The van der Waals surface area contributed by atoms with Crippen LogP contribution in [0.5, 0.6) is 0 Å². The van der Waals surface area contributed by atoms with E-state index in [-0.39, 0.29) is 5.82 Å². The van der Waals surface area contributed by atoms with Crippen molar-refractivity contribution in [1.82, 2.24) is 4.57 Å². The van der Waals surface area contributed by atoms with Gasteiger partial charge >= 0.3 is 0 Å². The van der Waals surface area contributed by atoms with Gasteiger partial charge in [0.2, 0.25) is 0 Å². The highest BCUT2D eigenvalue weighted by Gasteiger charge is 2.23. The van der Waals surface area contributed by atoms with Gasteiger partial charge < -0.3 is 9.47 Å². The van der Waals surface area contributed by atoms with Crippen molar-refractivity contribution in [3.63, 3.8) is 0 Å². The van der Waals surface area contributed by atoms with Crippen molar-refractivity contribution in [2.45, 2.75) is 0 Å². The van der Waals surface area contributed by atoms with E-state index in [2.05, 4.69) is 168 Å². The van der Waals surface area contributed by atoms with Crippen molar-refractivity contribution in [2.75, 3.05) is 4.90 Å². The number of nitrogens with zero attached hydrogens (tertiary/aromatic N) is 2. The molecule has 0 saturated carbocycles. The van der Waals surface area contributed by atoms with Crippen LogP contribution in [0.3, 0.4) is 0 Å². The molecule has 0 amide bonds. The van der Waals surface area contributed by atoms with Crippen LogP contribution in [0.2, 0.25) is 0 Å². The zero-order chi connectivity index (χ0) is 43.3. The molecule has 0 saturated heterocycles. The molecule has 0 aliphatic carbocycles. The Kier molecular flexibility index (Phi) is 9.39. The first-order valence-electron chi connectivity index (χ1n) is 22.1. The van der Waals surface area contributed by atoms with E-state index in [1.165, 1.54) is 49.4 Å². The van der Waals surface area contributed by atoms with Crippen LogP contribution in [0.15, 0.2) is 237 Å². The summed E-state index contributed by atoms with van der Waals surface area (Å²) in [6.07, 6.45) is 4.35. The van der Waals surface area contributed by atoms with Crippen LogP contribution < -0.4 is 4.90 Å². The Morgan fingerprint density at radius 1 is 0.369 bits per heavy atom. The fourth-order valence-electron chi connectivity index (χ4n) is 9.70. The average Bonchev–Trinajstić information content (AvgIpc) is 3.72. The summed E-state index contributed by atoms with van der Waals surface area (Å²) >= 11 is 0. The van der Waals surface area contributed by atoms with Crippen LogP contribution in [0.1, 0.15) is 11.1 Å². The molecule has 12 rings (SSSR count). The lowest BCUT2D eigenvalue weighted by molar-refractivity contribution is 0.630. The maximum absolute atomic E-state index is 16.9. The third-order valence-electron chi connectivity index (χ3n) is 12.8. The van der Waals surface area contributed by atoms with E-state index >= 15 is 4.39 Å². The van der Waals surface area contributed by atoms with E-state index in [4.69, 9.17) is 0 Å². The van der Waals surface area contributed by atoms with Crippen molar-refractivity contribution >= 4 is 72.6 Å². The van der Waals surface area contributed by atoms with Gasteiger partial charge in [-0.15, -0.1) is 0 Å². The second-order valence-corrected chi connectivity index (χ2v) is 16.7. The highest BCUT2D eigenvalue weighted by Crippen LogP contribution is 2.46. The fraction of sp³-hybridized carbons (Fsp3) is 0. The fourth-order valence-corrected chi connectivity index (χ4v) is 9.70. The first-order valence-corrected chi connectivity index (χ1v) is 22.1. The maximum atomic E-state index is 16.9. The highest BCUT2D eigenvalue weighted by molar-refractivity contribution is 6.26. The predicted molar refractivity (Wildman–Crippen MR) is 273 cm³/mol. The molecule has 12 aromatic rings. The predicted octanol–water partition coefficient (Wildman–Crippen LogP) is 17.3. The molecule has 0 radical (unpaired) electrons. The smallest absolute Gasteiger partial charge is 0.148 e. The SMILES string of the molecule is Fc1cc(-c2ccccc2)cc(-c2ccccc2)c1N(c1ccccc1)c1ccc2cc(/C=C/c3ccc(-c4ccc5c6c4ccc4cccc(c46)n5-c4ccccc4)cc3)ccc2c1. The summed E-state index contributed by atoms with van der Waals surface area (Å²) < 4.78 is 19.3. The van der Waals surface area contributed by atoms with Crippen LogP contribution >= 0.6 is 0 Å². The zero-order valence-electron chi connectivity index (χ0n) is 35.4. The number of aromatic nitrogens is 1. The Labute approximate surface area is 377 Å². The molecule has 306 valence electrons. The molecule has 65 heavy (non-hydrogen) atoms. The average molecular weight is 833 g/mol. The Hall–Kier alpha value is -8.53. The first kappa shape index (κ1) is 38.2. The molecule has 0 aliphatic heterocycles. The van der Waals surface area contributed by atoms with Gasteiger partial charge in [-0.2, -0.15) is 0 Å². The second kappa shape index (κ2) is 16.0. The topological polar surface area (TPSA) is 8.17 Å². The number of para-hydroxylation sites is 2. The van der Waals surface area contributed by atoms with Gasteiger partial charge in [0.25, 0.3) is 0 Å². The van der Waals surface area contributed by atoms with Gasteiger partial charge in [0, 0.05) is 33.4 Å². The minimum absolute atomic E-state index is 0.291. The summed E-state index contributed by atoms with van der Waals surface area (Å²) in [5.74, 6) is -0.291. The molecule has 0 atom stereocenters. The second-order valence-electron chi connectivity index (χ2n) is 16.7. The monoisotopic (exact) mass is 832 g/mol. The van der Waals surface area contributed by atoms with Gasteiger partial charge in [-0.1, -0.05) is 182 Å². The molecule has 1 aromatic heterocycles. The van der Waals surface area contributed by atoms with E-state index < -0.39 is 0 Å². The van der Waals surface area contributed by atoms with Crippen LogP contribution in [-0.2, 0) is 0 Å². The van der Waals surface area contributed by atoms with Crippen LogP contribution in [0, 0.1) is 5.82 Å². The Balaban J connectivity index is 0.863. The number of halogens is 1. The summed E-state index contributed by atoms with van der Waals surface area (Å²) in [5, 5.41) is 7.32. The van der Waals surface area contributed by atoms with Crippen LogP contribution in [0.25, 0.3) is 94.6 Å². The van der Waals surface area contributed by atoms with E-state index in [0.29, 0.717) is 5.69 Å². The summed E-state index contributed by atoms with van der Waals surface area (Å²) in [6, 6.07) is 82.1. The summed E-state index contributed by atoms with van der Waals surface area (Å²) in [7, 11) is 0. The molecule has 0 spiro atoms. The molecule has 0 bridgehead atoms. The third-order valence-corrected chi connectivity index (χ3v) is 12.8. The number of hydrogen-bond acceptors (Lipinski definition) is 1. The van der Waals surface area contributed by atoms with Crippen molar-refractivity contribution in [3.05, 3.63) is 254 Å². The van der Waals surface area contributed by atoms with Crippen molar-refractivity contribution in [2.24, 2.45) is 0 Å². The Morgan fingerprint density at radius 3 is 1.75 bits per heavy atom. The number of benzene rings is 11. The molecule has 3 heteroatoms. The molecular weight excluding hydrogens is 792 g/mol. The van der Waals surface area contributed by atoms with Gasteiger partial charge in [0.05, 0.1) is 16.7 Å². The first-order chi connectivity index (χ1) is 32.1. The summed E-state index contributed by atoms with van der Waals surface area (Å²) in [5.41, 5.74) is 14.1. The Bertz CT molecular complexity index is 3690. The van der Waals surface area contributed by atoms with E-state index in [9.17, 15) is 0 Å². The zero-order valence-corrected chi connectivity index (χ0v) is 35.4. The standard InChI is InChI=1S/C62H41FN2/c63-57-41-50(44-14-5-1-6-15-44)40-56(45-16-7-2-8-17-45)62(57)64(51-19-9-3-10-20-51)53-34-32-48-38-43(28-31-49(48)39-53)25-24-42-26-29-46(30-27-42)54-36-37-59-61-55(54)35-33-47-18-13-23-58(60(47)61)65(59)52-21-11-4-12-22-52/h1-41H/b25-24+. The molecule has 11 aromatic carbocycles. The molecular formula is C62H41FN2. The lowest BCUT2D eigenvalue weighted by Gasteiger charge is -2.29. The van der Waals surface area contributed by atoms with Crippen molar-refractivity contribution in [3.8, 4) is 39.1 Å². The summed E-state index contributed by atoms with van der Waals surface area (Å²) in [4.78, 5) is 2.05. The van der Waals surface area contributed by atoms with E-state index in [1.807, 2.05) is 83.8 Å². The molecule has 0 aliphatic rings. The lowest BCUT2D eigenvalue weighted by atomic mass is 9.94. The van der Waals surface area contributed by atoms with Crippen LogP contribution in [0.4, 0.5) is 21.5 Å². The van der Waals surface area contributed by atoms with Gasteiger partial charge in [-0.05, 0) is 127 Å². The molecule has 0 unspecified atom stereocenters. The van der Waals surface area contributed by atoms with Gasteiger partial charge in [-0.3, -0.25) is 0 Å². The Morgan fingerprint density at radius 2 is 0.985 bits per heavy atom. The third kappa shape index (κ3) is 6.82. The van der Waals surface area contributed by atoms with Gasteiger partial charge in [0.15, 0.2) is 0 Å². The van der Waals surface area contributed by atoms with Crippen molar-refractivity contribution in [1.29, 1.82) is 0 Å². The number of fused-ring (bicyclic) bond motifs is 1. The summed E-state index contributed by atoms with van der Waals surface area (Å²) in [6.45, 7) is 0. The number of hydrogen-bond donors (Lipinski definition) is 0. The quantitative estimate of drug-likeness (QED) is 0.104. The lowest BCUT2D eigenvalue weighted by Crippen LogP contribution is -2.13. The van der Waals surface area contributed by atoms with E-state index in [1.54, 1.807) is 6.07 Å². The molecule has 0 fully saturated rings. The van der Waals surface area contributed by atoms with E-state index in [0.717, 1.165) is 55.5 Å². The minimum atomic E-state index is -0.291. The van der Waals surface area contributed by atoms with Crippen LogP contribution in [-0.4, -0.2) is 4.57 Å². The van der Waals surface area contributed by atoms with Crippen molar-refractivity contribution < 1.29 is 4.39 Å². The normalized spacial score (nSPS) is 11.7. The largest absolute Gasteiger partial charge is 0.309 e. The number of rotatable bonds is 9. The molecule has 1 heterocycles. The maximum Gasteiger partial charge on any atom is 0.148 e. The van der Waals surface area contributed by atoms with Gasteiger partial charge in [-0.25, -0.2) is 4.39 Å². The molecule has 2 nitrogen and oxygen atoms in total. The highest BCUT2D eigenvalue weighted by atomic mass is 19.1. The molecule has 0 N–H and O–H groups in total. The van der Waals surface area contributed by atoms with Gasteiger partial charge in [0.1, 0.15) is 5.82 Å².